The number of carbonyl (C=O) groups is 2. The molecule has 0 spiro atoms. The van der Waals surface area contributed by atoms with Crippen molar-refractivity contribution in [2.24, 2.45) is 0 Å². The smallest absolute Gasteiger partial charge is 0.257 e. The third-order valence-electron chi connectivity index (χ3n) is 3.99. The van der Waals surface area contributed by atoms with Crippen molar-refractivity contribution in [2.45, 2.75) is 18.9 Å². The summed E-state index contributed by atoms with van der Waals surface area (Å²) in [5.74, 6) is -0.594. The number of hydrogen-bond acceptors (Lipinski definition) is 5. The predicted octanol–water partition coefficient (Wildman–Crippen LogP) is 2.96. The Morgan fingerprint density at radius 1 is 0.968 bits per heavy atom. The fourth-order valence-electron chi connectivity index (χ4n) is 2.42. The van der Waals surface area contributed by atoms with E-state index < -0.39 is 17.8 Å². The van der Waals surface area contributed by atoms with Crippen LogP contribution in [-0.4, -0.2) is 49.3 Å². The molecule has 1 atom stereocenters. The summed E-state index contributed by atoms with van der Waals surface area (Å²) in [5, 5.41) is 15.7. The minimum atomic E-state index is -0.913. The van der Waals surface area contributed by atoms with E-state index in [1.54, 1.807) is 24.3 Å². The zero-order valence-electron chi connectivity index (χ0n) is 16.6. The van der Waals surface area contributed by atoms with E-state index >= 15 is 0 Å². The summed E-state index contributed by atoms with van der Waals surface area (Å²) in [6.07, 6.45) is -0.823. The van der Waals surface area contributed by atoms with Crippen LogP contribution in [0, 0.1) is 5.82 Å². The zero-order valence-corrected chi connectivity index (χ0v) is 18.1. The van der Waals surface area contributed by atoms with Crippen LogP contribution in [0.1, 0.15) is 12.8 Å². The Hall–Kier alpha value is -2.55. The standard InChI is InChI=1S/C21H23Cl2FN2O5/c22-14-1-3-16(4-2-14)30-10-9-26-20(28)11-15(27)7-8-25-21(29)13-31-17-5-6-18(23)19(24)12-17/h1-6,12,15,27H,7-11,13H2,(H,25,29)(H,26,28). The van der Waals surface area contributed by atoms with Crippen LogP contribution in [0.15, 0.2) is 42.5 Å². The first-order chi connectivity index (χ1) is 14.8. The fourth-order valence-corrected chi connectivity index (χ4v) is 2.67. The lowest BCUT2D eigenvalue weighted by Crippen LogP contribution is -2.34. The van der Waals surface area contributed by atoms with Gasteiger partial charge in [-0.15, -0.1) is 0 Å². The van der Waals surface area contributed by atoms with Gasteiger partial charge in [0, 0.05) is 17.6 Å². The number of amides is 2. The summed E-state index contributed by atoms with van der Waals surface area (Å²) in [6, 6.07) is 10.7. The first-order valence-electron chi connectivity index (χ1n) is 9.51. The molecule has 2 aromatic rings. The summed E-state index contributed by atoms with van der Waals surface area (Å²) in [4.78, 5) is 23.6. The summed E-state index contributed by atoms with van der Waals surface area (Å²) in [6.45, 7) is 0.404. The molecule has 7 nitrogen and oxygen atoms in total. The highest BCUT2D eigenvalue weighted by molar-refractivity contribution is 6.30. The number of ether oxygens (including phenoxy) is 2. The third kappa shape index (κ3) is 9.87. The molecule has 2 amide bonds. The molecule has 2 aromatic carbocycles. The molecular formula is C21H23Cl2FN2O5. The van der Waals surface area contributed by atoms with Gasteiger partial charge in [-0.3, -0.25) is 9.59 Å². The molecule has 2 rings (SSSR count). The van der Waals surface area contributed by atoms with Crippen molar-refractivity contribution >= 4 is 35.0 Å². The second kappa shape index (κ2) is 13.0. The summed E-state index contributed by atoms with van der Waals surface area (Å²) >= 11 is 11.4. The van der Waals surface area contributed by atoms with Crippen LogP contribution < -0.4 is 20.1 Å². The Kier molecular flexibility index (Phi) is 10.4. The van der Waals surface area contributed by atoms with Crippen LogP contribution in [0.3, 0.4) is 0 Å². The van der Waals surface area contributed by atoms with Crippen molar-refractivity contribution in [1.82, 2.24) is 10.6 Å². The number of halogens is 3. The highest BCUT2D eigenvalue weighted by atomic mass is 35.5. The number of benzene rings is 2. The summed E-state index contributed by atoms with van der Waals surface area (Å²) in [7, 11) is 0. The molecule has 3 N–H and O–H groups in total. The molecule has 0 saturated carbocycles. The molecule has 31 heavy (non-hydrogen) atoms. The van der Waals surface area contributed by atoms with Crippen molar-refractivity contribution in [1.29, 1.82) is 0 Å². The molecular weight excluding hydrogens is 450 g/mol. The van der Waals surface area contributed by atoms with Gasteiger partial charge in [0.1, 0.15) is 23.9 Å². The van der Waals surface area contributed by atoms with Crippen LogP contribution in [0.4, 0.5) is 4.39 Å². The molecule has 10 heteroatoms. The van der Waals surface area contributed by atoms with E-state index in [0.717, 1.165) is 6.07 Å². The molecule has 0 aliphatic rings. The first kappa shape index (κ1) is 24.7. The van der Waals surface area contributed by atoms with E-state index in [-0.39, 0.29) is 55.8 Å². The molecule has 0 saturated heterocycles. The lowest BCUT2D eigenvalue weighted by Gasteiger charge is -2.12. The van der Waals surface area contributed by atoms with Gasteiger partial charge in [0.2, 0.25) is 5.91 Å². The highest BCUT2D eigenvalue weighted by Crippen LogP contribution is 2.20. The number of rotatable bonds is 12. The molecule has 0 fully saturated rings. The SMILES string of the molecule is O=C(COc1ccc(Cl)c(F)c1)NCCC(O)CC(=O)NCCOc1ccc(Cl)cc1. The van der Waals surface area contributed by atoms with E-state index in [1.165, 1.54) is 12.1 Å². The second-order valence-electron chi connectivity index (χ2n) is 6.51. The van der Waals surface area contributed by atoms with Gasteiger partial charge in [-0.05, 0) is 42.8 Å². The van der Waals surface area contributed by atoms with Gasteiger partial charge in [-0.2, -0.15) is 0 Å². The van der Waals surface area contributed by atoms with Crippen LogP contribution in [0.2, 0.25) is 10.0 Å². The second-order valence-corrected chi connectivity index (χ2v) is 7.36. The number of aliphatic hydroxyl groups is 1. The van der Waals surface area contributed by atoms with Crippen LogP contribution in [0.25, 0.3) is 0 Å². The molecule has 0 aliphatic heterocycles. The normalized spacial score (nSPS) is 11.5. The van der Waals surface area contributed by atoms with Crippen molar-refractivity contribution < 1.29 is 28.6 Å². The molecule has 1 unspecified atom stereocenters. The minimum absolute atomic E-state index is 0.0380. The average molecular weight is 473 g/mol. The van der Waals surface area contributed by atoms with Gasteiger partial charge in [-0.25, -0.2) is 4.39 Å². The maximum absolute atomic E-state index is 13.3. The van der Waals surface area contributed by atoms with Gasteiger partial charge in [0.05, 0.1) is 24.1 Å². The van der Waals surface area contributed by atoms with E-state index in [2.05, 4.69) is 10.6 Å². The number of aliphatic hydroxyl groups excluding tert-OH is 1. The third-order valence-corrected chi connectivity index (χ3v) is 4.55. The van der Waals surface area contributed by atoms with Crippen molar-refractivity contribution in [3.8, 4) is 11.5 Å². The van der Waals surface area contributed by atoms with E-state index in [1.807, 2.05) is 0 Å². The fraction of sp³-hybridized carbons (Fsp3) is 0.333. The quantitative estimate of drug-likeness (QED) is 0.412. The maximum Gasteiger partial charge on any atom is 0.257 e. The Labute approximate surface area is 189 Å². The minimum Gasteiger partial charge on any atom is -0.492 e. The highest BCUT2D eigenvalue weighted by Gasteiger charge is 2.12. The Morgan fingerprint density at radius 2 is 1.65 bits per heavy atom. The Balaban J connectivity index is 1.53. The van der Waals surface area contributed by atoms with E-state index in [0.29, 0.717) is 10.8 Å². The summed E-state index contributed by atoms with van der Waals surface area (Å²) < 4.78 is 23.9. The lowest BCUT2D eigenvalue weighted by atomic mass is 10.2. The predicted molar refractivity (Wildman–Crippen MR) is 115 cm³/mol. The largest absolute Gasteiger partial charge is 0.492 e. The number of nitrogens with one attached hydrogen (secondary N) is 2. The topological polar surface area (TPSA) is 96.9 Å². The van der Waals surface area contributed by atoms with Crippen molar-refractivity contribution in [2.75, 3.05) is 26.3 Å². The van der Waals surface area contributed by atoms with Crippen molar-refractivity contribution in [3.05, 3.63) is 58.3 Å². The first-order valence-corrected chi connectivity index (χ1v) is 10.3. The van der Waals surface area contributed by atoms with Gasteiger partial charge in [0.15, 0.2) is 6.61 Å². The van der Waals surface area contributed by atoms with Gasteiger partial charge >= 0.3 is 0 Å². The molecule has 0 aromatic heterocycles. The Morgan fingerprint density at radius 3 is 2.35 bits per heavy atom. The van der Waals surface area contributed by atoms with Crippen LogP contribution in [-0.2, 0) is 9.59 Å². The molecule has 0 radical (unpaired) electrons. The van der Waals surface area contributed by atoms with Gasteiger partial charge in [0.25, 0.3) is 5.91 Å². The van der Waals surface area contributed by atoms with E-state index in [4.69, 9.17) is 32.7 Å². The van der Waals surface area contributed by atoms with Gasteiger partial charge in [-0.1, -0.05) is 23.2 Å². The zero-order chi connectivity index (χ0) is 22.6. The monoisotopic (exact) mass is 472 g/mol. The number of hydrogen-bond donors (Lipinski definition) is 3. The molecule has 0 bridgehead atoms. The van der Waals surface area contributed by atoms with Crippen LogP contribution in [0.5, 0.6) is 11.5 Å². The van der Waals surface area contributed by atoms with Crippen LogP contribution >= 0.6 is 23.2 Å². The van der Waals surface area contributed by atoms with Gasteiger partial charge < -0.3 is 25.2 Å². The maximum atomic E-state index is 13.3. The summed E-state index contributed by atoms with van der Waals surface area (Å²) in [5.41, 5.74) is 0. The number of carbonyl (C=O) groups excluding carboxylic acids is 2. The average Bonchev–Trinajstić information content (AvgIpc) is 2.73. The Bertz CT molecular complexity index is 867. The molecule has 168 valence electrons. The molecule has 0 heterocycles. The lowest BCUT2D eigenvalue weighted by molar-refractivity contribution is -0.123. The molecule has 0 aliphatic carbocycles. The van der Waals surface area contributed by atoms with Crippen molar-refractivity contribution in [3.63, 3.8) is 0 Å². The van der Waals surface area contributed by atoms with E-state index in [9.17, 15) is 19.1 Å².